The Bertz CT molecular complexity index is 598. The normalized spacial score (nSPS) is 11.7. The van der Waals surface area contributed by atoms with E-state index in [1.54, 1.807) is 32.9 Å². The lowest BCUT2D eigenvalue weighted by Gasteiger charge is -2.23. The van der Waals surface area contributed by atoms with E-state index in [0.29, 0.717) is 11.1 Å². The molecule has 0 heterocycles. The van der Waals surface area contributed by atoms with Crippen LogP contribution >= 0.6 is 11.6 Å². The van der Waals surface area contributed by atoms with Crippen molar-refractivity contribution in [3.05, 3.63) is 58.6 Å². The van der Waals surface area contributed by atoms with E-state index >= 15 is 0 Å². The Hall–Kier alpha value is -1.41. The van der Waals surface area contributed by atoms with E-state index in [1.807, 2.05) is 18.2 Å². The maximum absolute atomic E-state index is 14.6. The van der Waals surface area contributed by atoms with Crippen molar-refractivity contribution in [2.24, 2.45) is 0 Å². The first kappa shape index (κ1) is 14.0. The summed E-state index contributed by atoms with van der Waals surface area (Å²) in [5, 5.41) is -0.0508. The van der Waals surface area contributed by atoms with Gasteiger partial charge in [0, 0.05) is 11.1 Å². The zero-order valence-electron chi connectivity index (χ0n) is 11.1. The summed E-state index contributed by atoms with van der Waals surface area (Å²) in [4.78, 5) is 0. The second kappa shape index (κ2) is 4.93. The molecular formula is C16H15ClF2. The third kappa shape index (κ3) is 2.64. The van der Waals surface area contributed by atoms with Crippen LogP contribution in [0.15, 0.2) is 36.4 Å². The lowest BCUT2D eigenvalue weighted by Crippen LogP contribution is -2.17. The van der Waals surface area contributed by atoms with Gasteiger partial charge in [-0.25, -0.2) is 8.78 Å². The van der Waals surface area contributed by atoms with Gasteiger partial charge in [-0.15, -0.1) is 0 Å². The van der Waals surface area contributed by atoms with E-state index in [4.69, 9.17) is 11.6 Å². The summed E-state index contributed by atoms with van der Waals surface area (Å²) < 4.78 is 28.7. The maximum atomic E-state index is 14.6. The molecule has 0 unspecified atom stereocenters. The molecule has 0 saturated heterocycles. The van der Waals surface area contributed by atoms with Gasteiger partial charge in [-0.1, -0.05) is 62.7 Å². The SMILES string of the molecule is CC(C)(C)c1c(F)c(Cl)cc(-c2ccccc2)c1F. The monoisotopic (exact) mass is 280 g/mol. The van der Waals surface area contributed by atoms with Crippen LogP contribution in [0.5, 0.6) is 0 Å². The molecule has 0 saturated carbocycles. The highest BCUT2D eigenvalue weighted by atomic mass is 35.5. The fourth-order valence-corrected chi connectivity index (χ4v) is 2.29. The fraction of sp³-hybridized carbons (Fsp3) is 0.250. The first-order chi connectivity index (χ1) is 8.82. The van der Waals surface area contributed by atoms with Gasteiger partial charge in [0.2, 0.25) is 0 Å². The molecule has 0 aliphatic carbocycles. The van der Waals surface area contributed by atoms with Gasteiger partial charge in [-0.2, -0.15) is 0 Å². The van der Waals surface area contributed by atoms with Gasteiger partial charge in [0.05, 0.1) is 5.02 Å². The minimum atomic E-state index is -0.675. The van der Waals surface area contributed by atoms with Crippen LogP contribution in [0.4, 0.5) is 8.78 Å². The molecule has 2 aromatic rings. The van der Waals surface area contributed by atoms with Crippen molar-refractivity contribution >= 4 is 11.6 Å². The topological polar surface area (TPSA) is 0 Å². The van der Waals surface area contributed by atoms with E-state index in [0.717, 1.165) is 0 Å². The Morgan fingerprint density at radius 1 is 0.947 bits per heavy atom. The lowest BCUT2D eigenvalue weighted by molar-refractivity contribution is 0.477. The predicted molar refractivity (Wildman–Crippen MR) is 75.5 cm³/mol. The van der Waals surface area contributed by atoms with E-state index in [2.05, 4.69) is 0 Å². The van der Waals surface area contributed by atoms with Gasteiger partial charge in [-0.3, -0.25) is 0 Å². The van der Waals surface area contributed by atoms with Gasteiger partial charge >= 0.3 is 0 Å². The largest absolute Gasteiger partial charge is 0.206 e. The van der Waals surface area contributed by atoms with Crippen LogP contribution in [0.3, 0.4) is 0 Å². The van der Waals surface area contributed by atoms with Crippen LogP contribution in [0.1, 0.15) is 26.3 Å². The number of benzene rings is 2. The molecule has 0 aliphatic heterocycles. The van der Waals surface area contributed by atoms with Crippen LogP contribution in [0.25, 0.3) is 11.1 Å². The maximum Gasteiger partial charge on any atom is 0.148 e. The lowest BCUT2D eigenvalue weighted by atomic mass is 9.84. The Morgan fingerprint density at radius 2 is 1.53 bits per heavy atom. The third-order valence-corrected chi connectivity index (χ3v) is 3.27. The Labute approximate surface area is 117 Å². The van der Waals surface area contributed by atoms with Crippen molar-refractivity contribution in [3.8, 4) is 11.1 Å². The smallest absolute Gasteiger partial charge is 0.148 e. The van der Waals surface area contributed by atoms with E-state index in [-0.39, 0.29) is 10.6 Å². The van der Waals surface area contributed by atoms with Crippen molar-refractivity contribution in [3.63, 3.8) is 0 Å². The van der Waals surface area contributed by atoms with Crippen LogP contribution in [0.2, 0.25) is 5.02 Å². The standard InChI is InChI=1S/C16H15ClF2/c1-16(2,3)13-14(18)11(9-12(17)15(13)19)10-7-5-4-6-8-10/h4-9H,1-3H3. The minimum Gasteiger partial charge on any atom is -0.206 e. The molecule has 0 spiro atoms. The van der Waals surface area contributed by atoms with Gasteiger partial charge in [-0.05, 0) is 17.0 Å². The van der Waals surface area contributed by atoms with Crippen LogP contribution in [-0.4, -0.2) is 0 Å². The number of rotatable bonds is 1. The fourth-order valence-electron chi connectivity index (χ4n) is 2.09. The molecule has 2 rings (SSSR count). The van der Waals surface area contributed by atoms with Crippen molar-refractivity contribution < 1.29 is 8.78 Å². The van der Waals surface area contributed by atoms with Gasteiger partial charge < -0.3 is 0 Å². The molecule has 3 heteroatoms. The van der Waals surface area contributed by atoms with E-state index in [9.17, 15) is 8.78 Å². The van der Waals surface area contributed by atoms with Crippen LogP contribution < -0.4 is 0 Å². The molecule has 0 nitrogen and oxygen atoms in total. The summed E-state index contributed by atoms with van der Waals surface area (Å²) in [6, 6.07) is 10.4. The zero-order chi connectivity index (χ0) is 14.2. The quantitative estimate of drug-likeness (QED) is 0.598. The minimum absolute atomic E-state index is 0.0267. The average molecular weight is 281 g/mol. The van der Waals surface area contributed by atoms with Crippen LogP contribution in [0, 0.1) is 11.6 Å². The van der Waals surface area contributed by atoms with Crippen molar-refractivity contribution in [1.29, 1.82) is 0 Å². The van der Waals surface area contributed by atoms with Crippen molar-refractivity contribution in [2.45, 2.75) is 26.2 Å². The van der Waals surface area contributed by atoms with Gasteiger partial charge in [0.1, 0.15) is 11.6 Å². The number of hydrogen-bond donors (Lipinski definition) is 0. The molecule has 0 atom stereocenters. The molecule has 0 N–H and O–H groups in total. The summed E-state index contributed by atoms with van der Waals surface area (Å²) in [6.07, 6.45) is 0. The summed E-state index contributed by atoms with van der Waals surface area (Å²) in [7, 11) is 0. The molecule has 0 amide bonds. The third-order valence-electron chi connectivity index (χ3n) is 2.99. The average Bonchev–Trinajstić information content (AvgIpc) is 2.33. The van der Waals surface area contributed by atoms with Gasteiger partial charge in [0.15, 0.2) is 0 Å². The predicted octanol–water partition coefficient (Wildman–Crippen LogP) is 5.58. The highest BCUT2D eigenvalue weighted by molar-refractivity contribution is 6.31. The highest BCUT2D eigenvalue weighted by Crippen LogP contribution is 2.37. The summed E-state index contributed by atoms with van der Waals surface area (Å²) >= 11 is 5.91. The van der Waals surface area contributed by atoms with Gasteiger partial charge in [0.25, 0.3) is 0 Å². The summed E-state index contributed by atoms with van der Waals surface area (Å²) in [6.45, 7) is 5.29. The molecule has 100 valence electrons. The molecule has 2 aromatic carbocycles. The molecule has 0 fully saturated rings. The molecule has 19 heavy (non-hydrogen) atoms. The summed E-state index contributed by atoms with van der Waals surface area (Å²) in [5.74, 6) is -1.22. The summed E-state index contributed by atoms with van der Waals surface area (Å²) in [5.41, 5.74) is 0.394. The first-order valence-electron chi connectivity index (χ1n) is 6.05. The second-order valence-corrected chi connectivity index (χ2v) is 5.93. The molecule has 0 aromatic heterocycles. The molecule has 0 bridgehead atoms. The van der Waals surface area contributed by atoms with Crippen LogP contribution in [-0.2, 0) is 5.41 Å². The Balaban J connectivity index is 2.76. The molecule has 0 aliphatic rings. The number of hydrogen-bond acceptors (Lipinski definition) is 0. The Kier molecular flexibility index (Phi) is 3.64. The number of halogens is 3. The van der Waals surface area contributed by atoms with E-state index < -0.39 is 17.0 Å². The second-order valence-electron chi connectivity index (χ2n) is 5.52. The van der Waals surface area contributed by atoms with Crippen molar-refractivity contribution in [2.75, 3.05) is 0 Å². The first-order valence-corrected chi connectivity index (χ1v) is 6.43. The molecule has 0 radical (unpaired) electrons. The zero-order valence-corrected chi connectivity index (χ0v) is 11.9. The Morgan fingerprint density at radius 3 is 2.05 bits per heavy atom. The highest BCUT2D eigenvalue weighted by Gasteiger charge is 2.27. The van der Waals surface area contributed by atoms with Crippen molar-refractivity contribution in [1.82, 2.24) is 0 Å². The van der Waals surface area contributed by atoms with E-state index in [1.165, 1.54) is 6.07 Å². The molecular weight excluding hydrogens is 266 g/mol.